The maximum atomic E-state index is 11.8. The van der Waals surface area contributed by atoms with Gasteiger partial charge in [-0.25, -0.2) is 0 Å². The molecule has 0 saturated carbocycles. The number of hydrogen-bond donors (Lipinski definition) is 1. The average molecular weight is 273 g/mol. The highest BCUT2D eigenvalue weighted by molar-refractivity contribution is 5.89. The molecule has 0 aliphatic carbocycles. The van der Waals surface area contributed by atoms with Gasteiger partial charge in [-0.2, -0.15) is 0 Å². The van der Waals surface area contributed by atoms with Gasteiger partial charge in [0.15, 0.2) is 5.82 Å². The van der Waals surface area contributed by atoms with E-state index in [1.165, 1.54) is 5.56 Å². The number of hydrogen-bond acceptors (Lipinski definition) is 4. The van der Waals surface area contributed by atoms with Gasteiger partial charge in [0.2, 0.25) is 5.91 Å². The van der Waals surface area contributed by atoms with Crippen LogP contribution in [0.3, 0.4) is 0 Å². The molecular weight excluding hydrogens is 254 g/mol. The Labute approximate surface area is 118 Å². The number of amides is 1. The number of nitrogens with one attached hydrogen (secondary N) is 1. The summed E-state index contributed by atoms with van der Waals surface area (Å²) in [6, 6.07) is 11.9. The summed E-state index contributed by atoms with van der Waals surface area (Å²) in [7, 11) is 2.00. The third-order valence-electron chi connectivity index (χ3n) is 2.91. The molecule has 0 saturated heterocycles. The van der Waals surface area contributed by atoms with Crippen LogP contribution < -0.4 is 5.32 Å². The van der Waals surface area contributed by atoms with Crippen LogP contribution in [-0.4, -0.2) is 29.6 Å². The van der Waals surface area contributed by atoms with E-state index in [2.05, 4.69) is 27.5 Å². The van der Waals surface area contributed by atoms with Crippen molar-refractivity contribution in [3.8, 4) is 0 Å². The minimum atomic E-state index is -0.0572. The molecule has 1 aromatic carbocycles. The molecular formula is C15H19N3O2. The molecule has 1 amide bonds. The van der Waals surface area contributed by atoms with Gasteiger partial charge in [0.25, 0.3) is 0 Å². The number of anilines is 1. The lowest BCUT2D eigenvalue weighted by molar-refractivity contribution is -0.116. The highest BCUT2D eigenvalue weighted by Gasteiger charge is 2.08. The van der Waals surface area contributed by atoms with Crippen molar-refractivity contribution in [3.63, 3.8) is 0 Å². The minimum Gasteiger partial charge on any atom is -0.360 e. The van der Waals surface area contributed by atoms with E-state index >= 15 is 0 Å². The van der Waals surface area contributed by atoms with E-state index in [-0.39, 0.29) is 5.91 Å². The molecule has 0 atom stereocenters. The minimum absolute atomic E-state index is 0.0572. The van der Waals surface area contributed by atoms with E-state index in [0.29, 0.717) is 24.5 Å². The Bertz CT molecular complexity index is 551. The zero-order valence-corrected chi connectivity index (χ0v) is 11.8. The summed E-state index contributed by atoms with van der Waals surface area (Å²) in [4.78, 5) is 13.9. The van der Waals surface area contributed by atoms with Crippen LogP contribution >= 0.6 is 0 Å². The van der Waals surface area contributed by atoms with Crippen LogP contribution in [0.2, 0.25) is 0 Å². The Morgan fingerprint density at radius 1 is 1.35 bits per heavy atom. The molecule has 1 N–H and O–H groups in total. The summed E-state index contributed by atoms with van der Waals surface area (Å²) in [5, 5.41) is 6.44. The second-order valence-electron chi connectivity index (χ2n) is 4.84. The first kappa shape index (κ1) is 14.3. The molecule has 0 unspecified atom stereocenters. The summed E-state index contributed by atoms with van der Waals surface area (Å²) in [6.07, 6.45) is 0.426. The molecule has 2 aromatic rings. The second-order valence-corrected chi connectivity index (χ2v) is 4.84. The Kier molecular flexibility index (Phi) is 4.90. The van der Waals surface area contributed by atoms with Gasteiger partial charge in [0.1, 0.15) is 5.76 Å². The molecule has 5 heteroatoms. The molecule has 0 spiro atoms. The van der Waals surface area contributed by atoms with Gasteiger partial charge in [0, 0.05) is 25.6 Å². The topological polar surface area (TPSA) is 58.4 Å². The van der Waals surface area contributed by atoms with E-state index in [1.54, 1.807) is 13.0 Å². The molecule has 0 fully saturated rings. The first-order chi connectivity index (χ1) is 9.63. The van der Waals surface area contributed by atoms with E-state index in [1.807, 2.05) is 25.2 Å². The van der Waals surface area contributed by atoms with Crippen molar-refractivity contribution in [2.45, 2.75) is 19.9 Å². The van der Waals surface area contributed by atoms with Gasteiger partial charge in [0.05, 0.1) is 0 Å². The smallest absolute Gasteiger partial charge is 0.226 e. The third kappa shape index (κ3) is 4.51. The predicted octanol–water partition coefficient (Wildman–Crippen LogP) is 2.44. The first-order valence-corrected chi connectivity index (χ1v) is 6.59. The van der Waals surface area contributed by atoms with E-state index in [9.17, 15) is 4.79 Å². The van der Waals surface area contributed by atoms with E-state index in [4.69, 9.17) is 4.52 Å². The zero-order chi connectivity index (χ0) is 14.4. The molecule has 20 heavy (non-hydrogen) atoms. The van der Waals surface area contributed by atoms with Crippen molar-refractivity contribution in [2.24, 2.45) is 0 Å². The largest absolute Gasteiger partial charge is 0.360 e. The number of rotatable bonds is 6. The standard InChI is InChI=1S/C15H19N3O2/c1-12-10-14(17-20-12)16-15(19)8-9-18(2)11-13-6-4-3-5-7-13/h3-7,10H,8-9,11H2,1-2H3,(H,16,17,19). The van der Waals surface area contributed by atoms with Crippen molar-refractivity contribution < 1.29 is 9.32 Å². The Balaban J connectivity index is 1.73. The van der Waals surface area contributed by atoms with Crippen molar-refractivity contribution in [3.05, 3.63) is 47.7 Å². The number of carbonyl (C=O) groups excluding carboxylic acids is 1. The fourth-order valence-electron chi connectivity index (χ4n) is 1.90. The summed E-state index contributed by atoms with van der Waals surface area (Å²) < 4.78 is 4.89. The predicted molar refractivity (Wildman–Crippen MR) is 77.3 cm³/mol. The van der Waals surface area contributed by atoms with E-state index < -0.39 is 0 Å². The van der Waals surface area contributed by atoms with Crippen molar-refractivity contribution in [1.29, 1.82) is 0 Å². The third-order valence-corrected chi connectivity index (χ3v) is 2.91. The van der Waals surface area contributed by atoms with Gasteiger partial charge in [-0.3, -0.25) is 4.79 Å². The lowest BCUT2D eigenvalue weighted by atomic mass is 10.2. The SMILES string of the molecule is Cc1cc(NC(=O)CCN(C)Cc2ccccc2)no1. The number of carbonyl (C=O) groups is 1. The number of benzene rings is 1. The number of nitrogens with zero attached hydrogens (tertiary/aromatic N) is 2. The van der Waals surface area contributed by atoms with Crippen LogP contribution in [0.5, 0.6) is 0 Å². The maximum Gasteiger partial charge on any atom is 0.226 e. The Morgan fingerprint density at radius 3 is 2.75 bits per heavy atom. The van der Waals surface area contributed by atoms with Gasteiger partial charge in [-0.1, -0.05) is 35.5 Å². The molecule has 2 rings (SSSR count). The fourth-order valence-corrected chi connectivity index (χ4v) is 1.90. The van der Waals surface area contributed by atoms with Crippen molar-refractivity contribution in [2.75, 3.05) is 18.9 Å². The number of aromatic nitrogens is 1. The van der Waals surface area contributed by atoms with Crippen molar-refractivity contribution in [1.82, 2.24) is 10.1 Å². The first-order valence-electron chi connectivity index (χ1n) is 6.59. The molecule has 0 bridgehead atoms. The zero-order valence-electron chi connectivity index (χ0n) is 11.8. The van der Waals surface area contributed by atoms with Gasteiger partial charge in [-0.15, -0.1) is 0 Å². The summed E-state index contributed by atoms with van der Waals surface area (Å²) >= 11 is 0. The molecule has 0 aliphatic heterocycles. The van der Waals surface area contributed by atoms with Crippen LogP contribution in [0.1, 0.15) is 17.7 Å². The van der Waals surface area contributed by atoms with Gasteiger partial charge >= 0.3 is 0 Å². The van der Waals surface area contributed by atoms with Crippen LogP contribution in [-0.2, 0) is 11.3 Å². The molecule has 106 valence electrons. The van der Waals surface area contributed by atoms with Crippen LogP contribution in [0, 0.1) is 6.92 Å². The van der Waals surface area contributed by atoms with Crippen molar-refractivity contribution >= 4 is 11.7 Å². The number of aryl methyl sites for hydroxylation is 1. The quantitative estimate of drug-likeness (QED) is 0.878. The highest BCUT2D eigenvalue weighted by Crippen LogP contribution is 2.08. The summed E-state index contributed by atoms with van der Waals surface area (Å²) in [5.41, 5.74) is 1.24. The fraction of sp³-hybridized carbons (Fsp3) is 0.333. The van der Waals surface area contributed by atoms with Gasteiger partial charge < -0.3 is 14.7 Å². The van der Waals surface area contributed by atoms with Crippen LogP contribution in [0.4, 0.5) is 5.82 Å². The Morgan fingerprint density at radius 2 is 2.10 bits per heavy atom. The van der Waals surface area contributed by atoms with Gasteiger partial charge in [-0.05, 0) is 19.5 Å². The molecule has 5 nitrogen and oxygen atoms in total. The lowest BCUT2D eigenvalue weighted by Crippen LogP contribution is -2.24. The molecule has 1 aromatic heterocycles. The summed E-state index contributed by atoms with van der Waals surface area (Å²) in [6.45, 7) is 3.31. The highest BCUT2D eigenvalue weighted by atomic mass is 16.5. The second kappa shape index (κ2) is 6.86. The van der Waals surface area contributed by atoms with Crippen LogP contribution in [0.25, 0.3) is 0 Å². The molecule has 0 aliphatic rings. The average Bonchev–Trinajstić information content (AvgIpc) is 2.83. The summed E-state index contributed by atoms with van der Waals surface area (Å²) in [5.74, 6) is 1.10. The Hall–Kier alpha value is -2.14. The normalized spacial score (nSPS) is 10.8. The monoisotopic (exact) mass is 273 g/mol. The van der Waals surface area contributed by atoms with Crippen LogP contribution in [0.15, 0.2) is 40.9 Å². The van der Waals surface area contributed by atoms with E-state index in [0.717, 1.165) is 6.54 Å². The maximum absolute atomic E-state index is 11.8. The molecule has 1 heterocycles. The lowest BCUT2D eigenvalue weighted by Gasteiger charge is -2.16. The molecule has 0 radical (unpaired) electrons.